The van der Waals surface area contributed by atoms with Crippen LogP contribution in [0.15, 0.2) is 18.2 Å². The number of aryl methyl sites for hydroxylation is 1. The average molecular weight is 175 g/mol. The van der Waals surface area contributed by atoms with Gasteiger partial charge in [-0.2, -0.15) is 0 Å². The van der Waals surface area contributed by atoms with Gasteiger partial charge in [0.1, 0.15) is 0 Å². The molecule has 0 bridgehead atoms. The third kappa shape index (κ3) is 1.38. The van der Waals surface area contributed by atoms with E-state index in [1.165, 1.54) is 5.56 Å². The van der Waals surface area contributed by atoms with E-state index in [0.717, 1.165) is 17.5 Å². The summed E-state index contributed by atoms with van der Waals surface area (Å²) in [6.07, 6.45) is 1.38. The molecule has 0 fully saturated rings. The van der Waals surface area contributed by atoms with Gasteiger partial charge < -0.3 is 5.73 Å². The van der Waals surface area contributed by atoms with Crippen molar-refractivity contribution in [1.82, 2.24) is 0 Å². The molecule has 1 unspecified atom stereocenters. The minimum atomic E-state index is 0.0487. The van der Waals surface area contributed by atoms with Crippen LogP contribution in [0.1, 0.15) is 40.4 Å². The lowest BCUT2D eigenvalue weighted by Crippen LogP contribution is -2.21. The predicted molar refractivity (Wildman–Crippen MR) is 51.7 cm³/mol. The number of rotatable bonds is 0. The van der Waals surface area contributed by atoms with Crippen LogP contribution in [0.3, 0.4) is 0 Å². The van der Waals surface area contributed by atoms with Crippen molar-refractivity contribution in [3.05, 3.63) is 34.9 Å². The Hall–Kier alpha value is -1.15. The highest BCUT2D eigenvalue weighted by atomic mass is 16.1. The Morgan fingerprint density at radius 3 is 3.00 bits per heavy atom. The van der Waals surface area contributed by atoms with Crippen LogP contribution in [0.4, 0.5) is 0 Å². The summed E-state index contributed by atoms with van der Waals surface area (Å²) in [5.41, 5.74) is 8.94. The van der Waals surface area contributed by atoms with E-state index in [2.05, 4.69) is 0 Å². The Balaban J connectivity index is 2.57. The fourth-order valence-electron chi connectivity index (χ4n) is 1.82. The molecule has 1 atom stereocenters. The molecule has 2 N–H and O–H groups in total. The van der Waals surface area contributed by atoms with Gasteiger partial charge in [-0.1, -0.05) is 23.8 Å². The normalized spacial score (nSPS) is 21.4. The first kappa shape index (κ1) is 8.45. The maximum atomic E-state index is 11.5. The molecule has 0 spiro atoms. The second-order valence-electron chi connectivity index (χ2n) is 3.66. The molecule has 0 aromatic heterocycles. The Morgan fingerprint density at radius 1 is 1.46 bits per heavy atom. The Morgan fingerprint density at radius 2 is 2.23 bits per heavy atom. The summed E-state index contributed by atoms with van der Waals surface area (Å²) in [6.45, 7) is 2.02. The Kier molecular flexibility index (Phi) is 1.93. The number of carbonyl (C=O) groups is 1. The van der Waals surface area contributed by atoms with Gasteiger partial charge in [0.2, 0.25) is 0 Å². The SMILES string of the molecule is Cc1ccc2c(c1)C(N)CCC2=O. The summed E-state index contributed by atoms with van der Waals surface area (Å²) in [6, 6.07) is 5.94. The van der Waals surface area contributed by atoms with Crippen LogP contribution in [0.2, 0.25) is 0 Å². The lowest BCUT2D eigenvalue weighted by Gasteiger charge is -2.21. The lowest BCUT2D eigenvalue weighted by molar-refractivity contribution is 0.0967. The second kappa shape index (κ2) is 2.96. The van der Waals surface area contributed by atoms with E-state index in [1.807, 2.05) is 25.1 Å². The molecule has 0 saturated heterocycles. The van der Waals surface area contributed by atoms with Gasteiger partial charge in [-0.3, -0.25) is 4.79 Å². The first-order valence-corrected chi connectivity index (χ1v) is 4.58. The fourth-order valence-corrected chi connectivity index (χ4v) is 1.82. The maximum Gasteiger partial charge on any atom is 0.163 e. The highest BCUT2D eigenvalue weighted by Gasteiger charge is 2.22. The number of benzene rings is 1. The van der Waals surface area contributed by atoms with E-state index >= 15 is 0 Å². The van der Waals surface area contributed by atoms with Crippen molar-refractivity contribution in [2.75, 3.05) is 0 Å². The molecule has 1 aliphatic carbocycles. The van der Waals surface area contributed by atoms with Crippen molar-refractivity contribution >= 4 is 5.78 Å². The summed E-state index contributed by atoms with van der Waals surface area (Å²) in [4.78, 5) is 11.5. The Bertz CT molecular complexity index is 357. The summed E-state index contributed by atoms with van der Waals surface area (Å²) >= 11 is 0. The first-order valence-electron chi connectivity index (χ1n) is 4.58. The average Bonchev–Trinajstić information content (AvgIpc) is 2.12. The standard InChI is InChI=1S/C11H13NO/c1-7-2-3-8-9(6-7)10(12)4-5-11(8)13/h2-3,6,10H,4-5,12H2,1H3. The zero-order valence-corrected chi connectivity index (χ0v) is 7.71. The number of ketones is 1. The molecule has 0 saturated carbocycles. The van der Waals surface area contributed by atoms with Crippen molar-refractivity contribution in [1.29, 1.82) is 0 Å². The van der Waals surface area contributed by atoms with E-state index in [4.69, 9.17) is 5.73 Å². The van der Waals surface area contributed by atoms with Crippen molar-refractivity contribution in [3.63, 3.8) is 0 Å². The molecule has 2 nitrogen and oxygen atoms in total. The number of hydrogen-bond donors (Lipinski definition) is 1. The van der Waals surface area contributed by atoms with Gasteiger partial charge in [0, 0.05) is 18.0 Å². The van der Waals surface area contributed by atoms with E-state index in [-0.39, 0.29) is 11.8 Å². The minimum absolute atomic E-state index is 0.0487. The van der Waals surface area contributed by atoms with E-state index in [1.54, 1.807) is 0 Å². The third-order valence-electron chi connectivity index (χ3n) is 2.59. The molecule has 0 amide bonds. The van der Waals surface area contributed by atoms with Crippen LogP contribution in [0.25, 0.3) is 0 Å². The van der Waals surface area contributed by atoms with Crippen LogP contribution in [0.5, 0.6) is 0 Å². The van der Waals surface area contributed by atoms with Gasteiger partial charge >= 0.3 is 0 Å². The van der Waals surface area contributed by atoms with Crippen LogP contribution in [0, 0.1) is 6.92 Å². The van der Waals surface area contributed by atoms with Crippen molar-refractivity contribution < 1.29 is 4.79 Å². The van der Waals surface area contributed by atoms with Gasteiger partial charge in [0.05, 0.1) is 0 Å². The summed E-state index contributed by atoms with van der Waals surface area (Å²) in [5, 5.41) is 0. The summed E-state index contributed by atoms with van der Waals surface area (Å²) in [5.74, 6) is 0.233. The number of fused-ring (bicyclic) bond motifs is 1. The molecule has 0 aliphatic heterocycles. The van der Waals surface area contributed by atoms with Gasteiger partial charge in [0.25, 0.3) is 0 Å². The van der Waals surface area contributed by atoms with Crippen molar-refractivity contribution in [2.24, 2.45) is 5.73 Å². The third-order valence-corrected chi connectivity index (χ3v) is 2.59. The monoisotopic (exact) mass is 175 g/mol. The van der Waals surface area contributed by atoms with Gasteiger partial charge in [-0.05, 0) is 18.9 Å². The van der Waals surface area contributed by atoms with E-state index in [9.17, 15) is 4.79 Å². The molecule has 0 heterocycles. The summed E-state index contributed by atoms with van der Waals surface area (Å²) < 4.78 is 0. The topological polar surface area (TPSA) is 43.1 Å². The van der Waals surface area contributed by atoms with E-state index in [0.29, 0.717) is 6.42 Å². The molecule has 2 rings (SSSR count). The smallest absolute Gasteiger partial charge is 0.163 e. The molecular formula is C11H13NO. The zero-order chi connectivity index (χ0) is 9.42. The van der Waals surface area contributed by atoms with E-state index < -0.39 is 0 Å². The lowest BCUT2D eigenvalue weighted by atomic mass is 9.86. The van der Waals surface area contributed by atoms with Crippen molar-refractivity contribution in [3.8, 4) is 0 Å². The van der Waals surface area contributed by atoms with Crippen LogP contribution in [-0.4, -0.2) is 5.78 Å². The van der Waals surface area contributed by atoms with Gasteiger partial charge in [0.15, 0.2) is 5.78 Å². The maximum absolute atomic E-state index is 11.5. The molecule has 1 aromatic rings. The molecule has 2 heteroatoms. The highest BCUT2D eigenvalue weighted by molar-refractivity contribution is 5.98. The molecule has 1 aromatic carbocycles. The largest absolute Gasteiger partial charge is 0.324 e. The number of carbonyl (C=O) groups excluding carboxylic acids is 1. The number of Topliss-reactive ketones (excluding diaryl/α,β-unsaturated/α-hetero) is 1. The van der Waals surface area contributed by atoms with Crippen molar-refractivity contribution in [2.45, 2.75) is 25.8 Å². The molecular weight excluding hydrogens is 162 g/mol. The van der Waals surface area contributed by atoms with Crippen LogP contribution >= 0.6 is 0 Å². The molecule has 1 aliphatic rings. The highest BCUT2D eigenvalue weighted by Crippen LogP contribution is 2.28. The second-order valence-corrected chi connectivity index (χ2v) is 3.66. The van der Waals surface area contributed by atoms with Crippen LogP contribution < -0.4 is 5.73 Å². The van der Waals surface area contributed by atoms with Crippen LogP contribution in [-0.2, 0) is 0 Å². The number of nitrogens with two attached hydrogens (primary N) is 1. The quantitative estimate of drug-likeness (QED) is 0.655. The molecule has 68 valence electrons. The Labute approximate surface area is 77.8 Å². The van der Waals surface area contributed by atoms with Gasteiger partial charge in [-0.25, -0.2) is 0 Å². The minimum Gasteiger partial charge on any atom is -0.324 e. The summed E-state index contributed by atoms with van der Waals surface area (Å²) in [7, 11) is 0. The zero-order valence-electron chi connectivity index (χ0n) is 7.71. The molecule has 13 heavy (non-hydrogen) atoms. The fraction of sp³-hybridized carbons (Fsp3) is 0.364. The predicted octanol–water partition coefficient (Wildman–Crippen LogP) is 1.97. The van der Waals surface area contributed by atoms with Gasteiger partial charge in [-0.15, -0.1) is 0 Å². The first-order chi connectivity index (χ1) is 6.18. The molecule has 0 radical (unpaired) electrons. The number of hydrogen-bond acceptors (Lipinski definition) is 2.